The molecule has 36 heavy (non-hydrogen) atoms. The molecule has 1 N–H and O–H groups in total. The fourth-order valence-electron chi connectivity index (χ4n) is 3.95. The fourth-order valence-corrected chi connectivity index (χ4v) is 3.95. The topological polar surface area (TPSA) is 80.1 Å². The van der Waals surface area contributed by atoms with Crippen LogP contribution in [0.1, 0.15) is 37.9 Å². The van der Waals surface area contributed by atoms with E-state index in [4.69, 9.17) is 0 Å². The first-order valence-corrected chi connectivity index (χ1v) is 11.5. The lowest BCUT2D eigenvalue weighted by molar-refractivity contribution is -0.143. The molecular formula is C27H27F2N5O2. The molecule has 1 heterocycles. The third-order valence-electron chi connectivity index (χ3n) is 5.55. The van der Waals surface area contributed by atoms with Crippen molar-refractivity contribution in [1.29, 1.82) is 0 Å². The molecule has 186 valence electrons. The number of para-hydroxylation sites is 1. The SMILES string of the molecule is CC(C)(C)NC(=O)[C@@H](c1ccccc1F)N(Cc1ccc(F)cc1)C(=O)Cn1nnc2ccccc21. The molecule has 0 aliphatic rings. The Hall–Kier alpha value is -4.14. The van der Waals surface area contributed by atoms with Gasteiger partial charge in [0.25, 0.3) is 0 Å². The first-order chi connectivity index (χ1) is 17.1. The summed E-state index contributed by atoms with van der Waals surface area (Å²) in [5.41, 5.74) is 1.27. The van der Waals surface area contributed by atoms with E-state index in [0.717, 1.165) is 0 Å². The molecule has 3 aromatic carbocycles. The highest BCUT2D eigenvalue weighted by Gasteiger charge is 2.35. The number of benzene rings is 3. The van der Waals surface area contributed by atoms with Crippen LogP contribution in [0, 0.1) is 11.6 Å². The molecule has 0 saturated carbocycles. The summed E-state index contributed by atoms with van der Waals surface area (Å²) in [7, 11) is 0. The van der Waals surface area contributed by atoms with E-state index in [-0.39, 0.29) is 18.7 Å². The largest absolute Gasteiger partial charge is 0.349 e. The van der Waals surface area contributed by atoms with Crippen molar-refractivity contribution in [3.8, 4) is 0 Å². The number of fused-ring (bicyclic) bond motifs is 1. The van der Waals surface area contributed by atoms with E-state index in [9.17, 15) is 14.0 Å². The quantitative estimate of drug-likeness (QED) is 0.416. The van der Waals surface area contributed by atoms with Crippen molar-refractivity contribution in [3.63, 3.8) is 0 Å². The number of aromatic nitrogens is 3. The summed E-state index contributed by atoms with van der Waals surface area (Å²) in [6.07, 6.45) is 0. The van der Waals surface area contributed by atoms with Gasteiger partial charge in [0, 0.05) is 17.6 Å². The summed E-state index contributed by atoms with van der Waals surface area (Å²) in [6.45, 7) is 5.13. The predicted molar refractivity (Wildman–Crippen MR) is 132 cm³/mol. The Morgan fingerprint density at radius 1 is 0.972 bits per heavy atom. The van der Waals surface area contributed by atoms with Crippen molar-refractivity contribution in [2.75, 3.05) is 0 Å². The number of nitrogens with one attached hydrogen (secondary N) is 1. The highest BCUT2D eigenvalue weighted by Crippen LogP contribution is 2.27. The second-order valence-corrected chi connectivity index (χ2v) is 9.55. The molecule has 0 bridgehead atoms. The number of hydrogen-bond acceptors (Lipinski definition) is 4. The van der Waals surface area contributed by atoms with Crippen molar-refractivity contribution in [2.24, 2.45) is 0 Å². The number of hydrogen-bond donors (Lipinski definition) is 1. The summed E-state index contributed by atoms with van der Waals surface area (Å²) in [4.78, 5) is 28.6. The molecule has 9 heteroatoms. The third kappa shape index (κ3) is 5.73. The lowest BCUT2D eigenvalue weighted by atomic mass is 10.00. The van der Waals surface area contributed by atoms with E-state index >= 15 is 4.39 Å². The smallest absolute Gasteiger partial charge is 0.247 e. The molecule has 0 spiro atoms. The summed E-state index contributed by atoms with van der Waals surface area (Å²) < 4.78 is 30.0. The van der Waals surface area contributed by atoms with Gasteiger partial charge in [-0.05, 0) is 56.7 Å². The van der Waals surface area contributed by atoms with Crippen molar-refractivity contribution >= 4 is 22.8 Å². The summed E-state index contributed by atoms with van der Waals surface area (Å²) in [5.74, 6) is -2.06. The van der Waals surface area contributed by atoms with Crippen LogP contribution in [0.3, 0.4) is 0 Å². The van der Waals surface area contributed by atoms with Gasteiger partial charge < -0.3 is 10.2 Å². The Balaban J connectivity index is 1.78. The fraction of sp³-hybridized carbons (Fsp3) is 0.259. The molecular weight excluding hydrogens is 464 g/mol. The third-order valence-corrected chi connectivity index (χ3v) is 5.55. The number of carbonyl (C=O) groups excluding carboxylic acids is 2. The molecule has 1 aromatic heterocycles. The van der Waals surface area contributed by atoms with E-state index in [1.54, 1.807) is 39.0 Å². The van der Waals surface area contributed by atoms with Gasteiger partial charge in [-0.3, -0.25) is 9.59 Å². The highest BCUT2D eigenvalue weighted by atomic mass is 19.1. The van der Waals surface area contributed by atoms with Gasteiger partial charge in [0.1, 0.15) is 29.7 Å². The molecule has 0 radical (unpaired) electrons. The van der Waals surface area contributed by atoms with Gasteiger partial charge in [-0.15, -0.1) is 5.10 Å². The second kappa shape index (κ2) is 10.2. The van der Waals surface area contributed by atoms with E-state index in [0.29, 0.717) is 16.6 Å². The Labute approximate surface area is 207 Å². The number of nitrogens with zero attached hydrogens (tertiary/aromatic N) is 4. The zero-order valence-corrected chi connectivity index (χ0v) is 20.3. The molecule has 0 saturated heterocycles. The van der Waals surface area contributed by atoms with Crippen LogP contribution < -0.4 is 5.32 Å². The van der Waals surface area contributed by atoms with Crippen molar-refractivity contribution in [2.45, 2.75) is 45.4 Å². The van der Waals surface area contributed by atoms with Gasteiger partial charge in [0.15, 0.2) is 0 Å². The summed E-state index contributed by atoms with van der Waals surface area (Å²) >= 11 is 0. The number of halogens is 2. The van der Waals surface area contributed by atoms with Gasteiger partial charge >= 0.3 is 0 Å². The lowest BCUT2D eigenvalue weighted by Crippen LogP contribution is -2.49. The highest BCUT2D eigenvalue weighted by molar-refractivity contribution is 5.89. The minimum atomic E-state index is -1.28. The molecule has 0 unspecified atom stereocenters. The second-order valence-electron chi connectivity index (χ2n) is 9.55. The van der Waals surface area contributed by atoms with E-state index in [2.05, 4.69) is 15.6 Å². The Morgan fingerprint density at radius 3 is 2.33 bits per heavy atom. The average Bonchev–Trinajstić information content (AvgIpc) is 3.22. The van der Waals surface area contributed by atoms with Gasteiger partial charge in [-0.1, -0.05) is 47.7 Å². The Bertz CT molecular complexity index is 1380. The molecule has 0 aliphatic heterocycles. The van der Waals surface area contributed by atoms with Crippen molar-refractivity contribution in [1.82, 2.24) is 25.2 Å². The minimum absolute atomic E-state index is 0.0533. The summed E-state index contributed by atoms with van der Waals surface area (Å²) in [6, 6.07) is 17.4. The Kier molecular flexibility index (Phi) is 7.10. The first-order valence-electron chi connectivity index (χ1n) is 11.5. The molecule has 7 nitrogen and oxygen atoms in total. The maximum Gasteiger partial charge on any atom is 0.247 e. The van der Waals surface area contributed by atoms with Crippen LogP contribution in [0.25, 0.3) is 11.0 Å². The van der Waals surface area contributed by atoms with E-state index in [1.165, 1.54) is 52.0 Å². The predicted octanol–water partition coefficient (Wildman–Crippen LogP) is 4.39. The summed E-state index contributed by atoms with van der Waals surface area (Å²) in [5, 5.41) is 11.0. The molecule has 1 atom stereocenters. The molecule has 0 aliphatic carbocycles. The van der Waals surface area contributed by atoms with Crippen LogP contribution in [-0.4, -0.2) is 37.2 Å². The van der Waals surface area contributed by atoms with Crippen LogP contribution in [0.15, 0.2) is 72.8 Å². The number of rotatable bonds is 7. The average molecular weight is 492 g/mol. The first kappa shape index (κ1) is 25.0. The van der Waals surface area contributed by atoms with Crippen LogP contribution in [0.5, 0.6) is 0 Å². The van der Waals surface area contributed by atoms with E-state index in [1.807, 2.05) is 12.1 Å². The normalized spacial score (nSPS) is 12.4. The van der Waals surface area contributed by atoms with Gasteiger partial charge in [0.05, 0.1) is 5.52 Å². The van der Waals surface area contributed by atoms with Crippen molar-refractivity contribution < 1.29 is 18.4 Å². The maximum atomic E-state index is 15.0. The standard InChI is InChI=1S/C27H27F2N5O2/c1-27(2,3)30-26(36)25(20-8-4-5-9-21(20)29)33(16-18-12-14-19(28)15-13-18)24(35)17-34-23-11-7-6-10-22(23)31-32-34/h4-15,25H,16-17H2,1-3H3,(H,30,36)/t25-/m1/s1. The minimum Gasteiger partial charge on any atom is -0.349 e. The van der Waals surface area contributed by atoms with Gasteiger partial charge in [0.2, 0.25) is 11.8 Å². The van der Waals surface area contributed by atoms with E-state index < -0.39 is 35.0 Å². The van der Waals surface area contributed by atoms with Crippen LogP contribution in [0.4, 0.5) is 8.78 Å². The molecule has 4 aromatic rings. The maximum absolute atomic E-state index is 15.0. The van der Waals surface area contributed by atoms with Crippen LogP contribution >= 0.6 is 0 Å². The number of carbonyl (C=O) groups is 2. The molecule has 4 rings (SSSR count). The Morgan fingerprint density at radius 2 is 1.64 bits per heavy atom. The van der Waals surface area contributed by atoms with Gasteiger partial charge in [-0.2, -0.15) is 0 Å². The lowest BCUT2D eigenvalue weighted by Gasteiger charge is -2.34. The van der Waals surface area contributed by atoms with Crippen molar-refractivity contribution in [3.05, 3.63) is 95.6 Å². The zero-order chi connectivity index (χ0) is 25.9. The van der Waals surface area contributed by atoms with Crippen LogP contribution in [-0.2, 0) is 22.7 Å². The molecule has 2 amide bonds. The molecule has 0 fully saturated rings. The van der Waals surface area contributed by atoms with Gasteiger partial charge in [-0.25, -0.2) is 13.5 Å². The zero-order valence-electron chi connectivity index (χ0n) is 20.3. The number of amides is 2. The monoisotopic (exact) mass is 491 g/mol. The van der Waals surface area contributed by atoms with Crippen LogP contribution in [0.2, 0.25) is 0 Å².